The van der Waals surface area contributed by atoms with E-state index in [1.54, 1.807) is 33.1 Å². The minimum absolute atomic E-state index is 0.191. The van der Waals surface area contributed by atoms with Gasteiger partial charge in [0.15, 0.2) is 5.76 Å². The number of rotatable bonds is 2. The van der Waals surface area contributed by atoms with Crippen LogP contribution in [0, 0.1) is 0 Å². The lowest BCUT2D eigenvalue weighted by atomic mass is 9.82. The smallest absolute Gasteiger partial charge is 0.230 e. The van der Waals surface area contributed by atoms with Crippen LogP contribution in [0.25, 0.3) is 10.9 Å². The third-order valence-corrected chi connectivity index (χ3v) is 4.20. The lowest BCUT2D eigenvalue weighted by Gasteiger charge is -2.30. The lowest BCUT2D eigenvalue weighted by Crippen LogP contribution is -2.33. The van der Waals surface area contributed by atoms with Crippen LogP contribution in [0.5, 0.6) is 5.75 Å². The monoisotopic (exact) mass is 287 g/mol. The summed E-state index contributed by atoms with van der Waals surface area (Å²) < 4.78 is 10.4. The number of hydrogen-bond acceptors (Lipinski definition) is 4. The molecule has 1 aromatic carbocycles. The minimum atomic E-state index is -1.28. The highest BCUT2D eigenvalue weighted by Crippen LogP contribution is 2.42. The summed E-state index contributed by atoms with van der Waals surface area (Å²) in [5.74, 6) is 0.620. The van der Waals surface area contributed by atoms with Crippen molar-refractivity contribution >= 4 is 16.7 Å². The van der Waals surface area contributed by atoms with E-state index >= 15 is 0 Å². The molecule has 110 valence electrons. The Morgan fingerprint density at radius 3 is 2.57 bits per heavy atom. The highest BCUT2D eigenvalue weighted by Gasteiger charge is 2.42. The van der Waals surface area contributed by atoms with Gasteiger partial charge in [-0.2, -0.15) is 0 Å². The number of aromatic nitrogens is 1. The van der Waals surface area contributed by atoms with Crippen LogP contribution in [0.2, 0.25) is 0 Å². The Labute approximate surface area is 122 Å². The van der Waals surface area contributed by atoms with Crippen molar-refractivity contribution in [3.63, 3.8) is 0 Å². The van der Waals surface area contributed by atoms with Gasteiger partial charge in [-0.15, -0.1) is 0 Å². The number of hydrogen-bond donors (Lipinski definition) is 2. The predicted octanol–water partition coefficient (Wildman–Crippen LogP) is 2.50. The van der Waals surface area contributed by atoms with Crippen LogP contribution in [0.3, 0.4) is 0 Å². The summed E-state index contributed by atoms with van der Waals surface area (Å²) >= 11 is 0. The molecule has 1 aliphatic rings. The fourth-order valence-corrected chi connectivity index (χ4v) is 2.84. The van der Waals surface area contributed by atoms with Crippen LogP contribution >= 0.6 is 0 Å². The van der Waals surface area contributed by atoms with E-state index in [0.717, 1.165) is 10.9 Å². The summed E-state index contributed by atoms with van der Waals surface area (Å²) in [6.45, 7) is 3.35. The first-order valence-corrected chi connectivity index (χ1v) is 6.64. The van der Waals surface area contributed by atoms with Gasteiger partial charge in [0.05, 0.1) is 25.5 Å². The summed E-state index contributed by atoms with van der Waals surface area (Å²) in [4.78, 5) is 15.8. The largest absolute Gasteiger partial charge is 0.497 e. The Bertz CT molecular complexity index is 783. The Kier molecular flexibility index (Phi) is 2.85. The van der Waals surface area contributed by atoms with Crippen LogP contribution in [0.1, 0.15) is 29.9 Å². The number of H-pyrrole nitrogens is 1. The average Bonchev–Trinajstić information content (AvgIpc) is 2.85. The number of carbonyl (C=O) groups excluding carboxylic acids is 1. The molecule has 2 aromatic rings. The van der Waals surface area contributed by atoms with Gasteiger partial charge in [-0.3, -0.25) is 4.79 Å². The molecule has 1 atom stereocenters. The van der Waals surface area contributed by atoms with E-state index in [1.807, 2.05) is 6.07 Å². The van der Waals surface area contributed by atoms with Crippen molar-refractivity contribution in [2.24, 2.45) is 0 Å². The number of allylic oxidation sites excluding steroid dienone is 1. The lowest BCUT2D eigenvalue weighted by molar-refractivity contribution is 0.0696. The Morgan fingerprint density at radius 1 is 1.24 bits per heavy atom. The summed E-state index contributed by atoms with van der Waals surface area (Å²) in [6.07, 6.45) is 0. The highest BCUT2D eigenvalue weighted by molar-refractivity contribution is 6.18. The van der Waals surface area contributed by atoms with Crippen molar-refractivity contribution in [2.75, 3.05) is 14.2 Å². The molecule has 1 aromatic heterocycles. The number of fused-ring (bicyclic) bond motifs is 3. The first kappa shape index (κ1) is 13.7. The Morgan fingerprint density at radius 2 is 1.95 bits per heavy atom. The van der Waals surface area contributed by atoms with Crippen molar-refractivity contribution in [1.29, 1.82) is 0 Å². The minimum Gasteiger partial charge on any atom is -0.497 e. The Balaban J connectivity index is 2.37. The van der Waals surface area contributed by atoms with Crippen LogP contribution in [0.15, 0.2) is 29.5 Å². The Hall–Kier alpha value is -2.27. The SMILES string of the molecule is COC1=C(C)[C@@](C)(O)c2[nH]c3ccc(OC)cc3c2C1=O. The number of aromatic amines is 1. The van der Waals surface area contributed by atoms with E-state index in [9.17, 15) is 9.90 Å². The number of methoxy groups -OCH3 is 2. The number of aliphatic hydroxyl groups is 1. The molecule has 1 heterocycles. The molecule has 2 N–H and O–H groups in total. The van der Waals surface area contributed by atoms with Crippen molar-refractivity contribution in [1.82, 2.24) is 4.98 Å². The van der Waals surface area contributed by atoms with Crippen molar-refractivity contribution in [3.05, 3.63) is 40.8 Å². The summed E-state index contributed by atoms with van der Waals surface area (Å²) in [5.41, 5.74) is 0.937. The van der Waals surface area contributed by atoms with Gasteiger partial charge >= 0.3 is 0 Å². The van der Waals surface area contributed by atoms with Gasteiger partial charge in [0.1, 0.15) is 11.4 Å². The van der Waals surface area contributed by atoms with E-state index in [2.05, 4.69) is 4.98 Å². The fraction of sp³-hybridized carbons (Fsp3) is 0.312. The maximum absolute atomic E-state index is 12.7. The van der Waals surface area contributed by atoms with Crippen molar-refractivity contribution in [2.45, 2.75) is 19.4 Å². The van der Waals surface area contributed by atoms with E-state index in [0.29, 0.717) is 22.6 Å². The molecule has 0 aliphatic heterocycles. The summed E-state index contributed by atoms with van der Waals surface area (Å²) in [7, 11) is 3.01. The normalized spacial score (nSPS) is 21.7. The number of ether oxygens (including phenoxy) is 2. The van der Waals surface area contributed by atoms with Crippen molar-refractivity contribution in [3.8, 4) is 5.75 Å². The van der Waals surface area contributed by atoms with E-state index in [1.165, 1.54) is 7.11 Å². The number of carbonyl (C=O) groups is 1. The van der Waals surface area contributed by atoms with Crippen LogP contribution in [-0.2, 0) is 10.3 Å². The second-order valence-electron chi connectivity index (χ2n) is 5.35. The average molecular weight is 287 g/mol. The van der Waals surface area contributed by atoms with Gasteiger partial charge in [0, 0.05) is 16.5 Å². The first-order valence-electron chi connectivity index (χ1n) is 6.64. The second-order valence-corrected chi connectivity index (χ2v) is 5.35. The van der Waals surface area contributed by atoms with Crippen LogP contribution in [0.4, 0.5) is 0 Å². The van der Waals surface area contributed by atoms with Crippen LogP contribution < -0.4 is 4.74 Å². The molecular formula is C16H17NO4. The molecule has 0 saturated carbocycles. The maximum atomic E-state index is 12.7. The topological polar surface area (TPSA) is 71.6 Å². The van der Waals surface area contributed by atoms with E-state index in [4.69, 9.17) is 9.47 Å². The third kappa shape index (κ3) is 1.70. The van der Waals surface area contributed by atoms with Gasteiger partial charge in [0.2, 0.25) is 5.78 Å². The van der Waals surface area contributed by atoms with E-state index < -0.39 is 5.60 Å². The zero-order chi connectivity index (χ0) is 15.4. The molecule has 0 fully saturated rings. The van der Waals surface area contributed by atoms with Gasteiger partial charge in [-0.05, 0) is 32.0 Å². The zero-order valence-electron chi connectivity index (χ0n) is 12.4. The molecule has 1 aliphatic carbocycles. The first-order chi connectivity index (χ1) is 9.91. The van der Waals surface area contributed by atoms with Gasteiger partial charge < -0.3 is 19.6 Å². The molecule has 0 saturated heterocycles. The molecule has 21 heavy (non-hydrogen) atoms. The second kappa shape index (κ2) is 4.36. The molecule has 0 bridgehead atoms. The standard InChI is InChI=1S/C16H17NO4/c1-8-14(21-4)13(18)12-10-7-9(20-3)5-6-11(10)17-15(12)16(8,2)19/h5-7,17,19H,1-4H3/t16-/m1/s1. The van der Waals surface area contributed by atoms with E-state index in [-0.39, 0.29) is 11.5 Å². The summed E-state index contributed by atoms with van der Waals surface area (Å²) in [6, 6.07) is 5.42. The zero-order valence-corrected chi connectivity index (χ0v) is 12.4. The molecule has 3 rings (SSSR count). The van der Waals surface area contributed by atoms with Gasteiger partial charge in [-0.1, -0.05) is 0 Å². The fourth-order valence-electron chi connectivity index (χ4n) is 2.84. The number of ketones is 1. The molecule has 0 unspecified atom stereocenters. The quantitative estimate of drug-likeness (QED) is 0.890. The predicted molar refractivity (Wildman–Crippen MR) is 78.5 cm³/mol. The summed E-state index contributed by atoms with van der Waals surface area (Å²) in [5, 5.41) is 11.5. The maximum Gasteiger partial charge on any atom is 0.230 e. The van der Waals surface area contributed by atoms with Gasteiger partial charge in [-0.25, -0.2) is 0 Å². The molecular weight excluding hydrogens is 270 g/mol. The molecule has 0 spiro atoms. The van der Waals surface area contributed by atoms with Gasteiger partial charge in [0.25, 0.3) is 0 Å². The highest BCUT2D eigenvalue weighted by atomic mass is 16.5. The number of nitrogens with one attached hydrogen (secondary N) is 1. The molecule has 5 nitrogen and oxygen atoms in total. The molecule has 5 heteroatoms. The van der Waals surface area contributed by atoms with Crippen LogP contribution in [-0.4, -0.2) is 30.1 Å². The number of Topliss-reactive ketones (excluding diaryl/α,β-unsaturated/α-hetero) is 1. The third-order valence-electron chi connectivity index (χ3n) is 4.20. The number of benzene rings is 1. The van der Waals surface area contributed by atoms with Crippen molar-refractivity contribution < 1.29 is 19.4 Å². The molecule has 0 radical (unpaired) electrons. The molecule has 0 amide bonds.